The molecule has 0 aliphatic rings. The van der Waals surface area contributed by atoms with Gasteiger partial charge in [0.1, 0.15) is 11.5 Å². The fourth-order valence-corrected chi connectivity index (χ4v) is 2.14. The maximum atomic E-state index is 13.4. The molecule has 1 N–H and O–H groups in total. The van der Waals surface area contributed by atoms with Crippen LogP contribution in [0.15, 0.2) is 42.5 Å². The molecule has 0 spiro atoms. The quantitative estimate of drug-likeness (QED) is 0.482. The molecule has 0 saturated heterocycles. The fourth-order valence-electron chi connectivity index (χ4n) is 2.14. The summed E-state index contributed by atoms with van der Waals surface area (Å²) in [5.41, 5.74) is -0.0513. The molecule has 0 aliphatic carbocycles. The number of rotatable bonds is 6. The van der Waals surface area contributed by atoms with E-state index in [0.717, 1.165) is 6.07 Å². The molecule has 0 bridgehead atoms. The van der Waals surface area contributed by atoms with Gasteiger partial charge in [-0.15, -0.1) is 0 Å². The van der Waals surface area contributed by atoms with Crippen LogP contribution in [0.4, 0.5) is 21.5 Å². The number of para-hydroxylation sites is 1. The minimum atomic E-state index is -0.901. The van der Waals surface area contributed by atoms with Crippen molar-refractivity contribution in [1.29, 1.82) is 0 Å². The summed E-state index contributed by atoms with van der Waals surface area (Å²) in [4.78, 5) is 35.8. The van der Waals surface area contributed by atoms with Gasteiger partial charge in [0.2, 0.25) is 0 Å². The zero-order valence-corrected chi connectivity index (χ0v) is 14.1. The zero-order valence-electron chi connectivity index (χ0n) is 14.1. The summed E-state index contributed by atoms with van der Waals surface area (Å²) in [7, 11) is 3.26. The number of hydrogen-bond acceptors (Lipinski definition) is 6. The van der Waals surface area contributed by atoms with Crippen LogP contribution in [0, 0.1) is 15.9 Å². The third-order valence-corrected chi connectivity index (χ3v) is 3.37. The summed E-state index contributed by atoms with van der Waals surface area (Å²) in [5, 5.41) is 13.4. The normalized spacial score (nSPS) is 10.1. The second-order valence-electron chi connectivity index (χ2n) is 5.46. The van der Waals surface area contributed by atoms with E-state index in [2.05, 4.69) is 5.32 Å². The van der Waals surface area contributed by atoms with Gasteiger partial charge in [0.15, 0.2) is 6.61 Å². The van der Waals surface area contributed by atoms with Crippen LogP contribution in [-0.4, -0.2) is 37.5 Å². The van der Waals surface area contributed by atoms with Crippen molar-refractivity contribution in [2.45, 2.75) is 0 Å². The van der Waals surface area contributed by atoms with E-state index in [0.29, 0.717) is 5.69 Å². The predicted molar refractivity (Wildman–Crippen MR) is 92.7 cm³/mol. The first-order valence-electron chi connectivity index (χ1n) is 7.47. The van der Waals surface area contributed by atoms with Crippen LogP contribution < -0.4 is 10.2 Å². The predicted octanol–water partition coefficient (Wildman–Crippen LogP) is 2.60. The monoisotopic (exact) mass is 361 g/mol. The smallest absolute Gasteiger partial charge is 0.338 e. The Kier molecular flexibility index (Phi) is 5.84. The Bertz CT molecular complexity index is 854. The van der Waals surface area contributed by atoms with E-state index in [-0.39, 0.29) is 16.9 Å². The number of benzene rings is 2. The first kappa shape index (κ1) is 18.8. The van der Waals surface area contributed by atoms with E-state index in [1.54, 1.807) is 14.1 Å². The number of nitrogens with one attached hydrogen (secondary N) is 1. The van der Waals surface area contributed by atoms with Crippen molar-refractivity contribution in [1.82, 2.24) is 0 Å². The topological polar surface area (TPSA) is 102 Å². The van der Waals surface area contributed by atoms with Gasteiger partial charge in [-0.3, -0.25) is 14.9 Å². The molecule has 0 heterocycles. The Balaban J connectivity index is 2.03. The second kappa shape index (κ2) is 8.06. The van der Waals surface area contributed by atoms with Crippen molar-refractivity contribution in [2.24, 2.45) is 0 Å². The molecule has 136 valence electrons. The third kappa shape index (κ3) is 4.53. The molecule has 2 aromatic carbocycles. The summed E-state index contributed by atoms with van der Waals surface area (Å²) in [6, 6.07) is 9.39. The molecule has 0 aliphatic heterocycles. The van der Waals surface area contributed by atoms with Gasteiger partial charge in [-0.25, -0.2) is 9.18 Å². The summed E-state index contributed by atoms with van der Waals surface area (Å²) in [6.45, 7) is -0.656. The van der Waals surface area contributed by atoms with Gasteiger partial charge in [-0.2, -0.15) is 0 Å². The SMILES string of the molecule is CN(C)c1ccc(C(=O)OCC(=O)Nc2ccccc2F)cc1[N+](=O)[O-]. The highest BCUT2D eigenvalue weighted by Crippen LogP contribution is 2.27. The summed E-state index contributed by atoms with van der Waals surface area (Å²) >= 11 is 0. The number of nitro groups is 1. The van der Waals surface area contributed by atoms with Crippen molar-refractivity contribution < 1.29 is 23.6 Å². The number of nitro benzene ring substituents is 1. The Hall–Kier alpha value is -3.49. The number of nitrogens with zero attached hydrogens (tertiary/aromatic N) is 2. The van der Waals surface area contributed by atoms with Crippen molar-refractivity contribution in [3.05, 3.63) is 64.0 Å². The number of carbonyl (C=O) groups is 2. The van der Waals surface area contributed by atoms with Crippen LogP contribution in [0.1, 0.15) is 10.4 Å². The van der Waals surface area contributed by atoms with Gasteiger partial charge in [-0.05, 0) is 24.3 Å². The van der Waals surface area contributed by atoms with E-state index in [1.807, 2.05) is 0 Å². The second-order valence-corrected chi connectivity index (χ2v) is 5.46. The van der Waals surface area contributed by atoms with Crippen LogP contribution in [0.25, 0.3) is 0 Å². The zero-order chi connectivity index (χ0) is 19.3. The number of anilines is 2. The Morgan fingerprint density at radius 2 is 1.92 bits per heavy atom. The number of esters is 1. The molecule has 0 aromatic heterocycles. The van der Waals surface area contributed by atoms with Crippen molar-refractivity contribution in [3.63, 3.8) is 0 Å². The molecule has 26 heavy (non-hydrogen) atoms. The molecule has 0 saturated carbocycles. The van der Waals surface area contributed by atoms with Crippen LogP contribution in [0.5, 0.6) is 0 Å². The maximum Gasteiger partial charge on any atom is 0.338 e. The number of hydrogen-bond donors (Lipinski definition) is 1. The minimum Gasteiger partial charge on any atom is -0.452 e. The highest BCUT2D eigenvalue weighted by atomic mass is 19.1. The van der Waals surface area contributed by atoms with E-state index in [1.165, 1.54) is 41.3 Å². The third-order valence-electron chi connectivity index (χ3n) is 3.37. The molecule has 1 amide bonds. The molecule has 9 heteroatoms. The summed E-state index contributed by atoms with van der Waals surface area (Å²) in [5.74, 6) is -2.26. The lowest BCUT2D eigenvalue weighted by atomic mass is 10.1. The van der Waals surface area contributed by atoms with Crippen molar-refractivity contribution in [3.8, 4) is 0 Å². The number of halogens is 1. The molecule has 8 nitrogen and oxygen atoms in total. The maximum absolute atomic E-state index is 13.4. The van der Waals surface area contributed by atoms with Crippen LogP contribution >= 0.6 is 0 Å². The van der Waals surface area contributed by atoms with E-state index >= 15 is 0 Å². The first-order valence-corrected chi connectivity index (χ1v) is 7.47. The molecule has 2 aromatic rings. The lowest BCUT2D eigenvalue weighted by Gasteiger charge is -2.13. The largest absolute Gasteiger partial charge is 0.452 e. The number of ether oxygens (including phenoxy) is 1. The highest BCUT2D eigenvalue weighted by molar-refractivity contribution is 5.96. The highest BCUT2D eigenvalue weighted by Gasteiger charge is 2.20. The molecule has 0 atom stereocenters. The van der Waals surface area contributed by atoms with E-state index in [9.17, 15) is 24.1 Å². The van der Waals surface area contributed by atoms with Gasteiger partial charge in [0.25, 0.3) is 11.6 Å². The number of carbonyl (C=O) groups excluding carboxylic acids is 2. The van der Waals surface area contributed by atoms with Crippen molar-refractivity contribution in [2.75, 3.05) is 30.9 Å². The summed E-state index contributed by atoms with van der Waals surface area (Å²) in [6.07, 6.45) is 0. The van der Waals surface area contributed by atoms with Crippen LogP contribution in [0.2, 0.25) is 0 Å². The fraction of sp³-hybridized carbons (Fsp3) is 0.176. The molecule has 0 unspecified atom stereocenters. The van der Waals surface area contributed by atoms with Crippen LogP contribution in [0.3, 0.4) is 0 Å². The van der Waals surface area contributed by atoms with Gasteiger partial charge >= 0.3 is 5.97 Å². The first-order chi connectivity index (χ1) is 12.3. The molecule has 2 rings (SSSR count). The van der Waals surface area contributed by atoms with E-state index in [4.69, 9.17) is 4.74 Å². The van der Waals surface area contributed by atoms with Gasteiger partial charge in [-0.1, -0.05) is 12.1 Å². The number of amides is 1. The van der Waals surface area contributed by atoms with Crippen molar-refractivity contribution >= 4 is 28.9 Å². The Morgan fingerprint density at radius 1 is 1.23 bits per heavy atom. The standard InChI is InChI=1S/C17H16FN3O5/c1-20(2)14-8-7-11(9-15(14)21(24)25)17(23)26-10-16(22)19-13-6-4-3-5-12(13)18/h3-9H,10H2,1-2H3,(H,19,22). The lowest BCUT2D eigenvalue weighted by molar-refractivity contribution is -0.384. The molecule has 0 radical (unpaired) electrons. The van der Waals surface area contributed by atoms with E-state index < -0.39 is 29.2 Å². The van der Waals surface area contributed by atoms with Gasteiger partial charge in [0.05, 0.1) is 16.2 Å². The lowest BCUT2D eigenvalue weighted by Crippen LogP contribution is -2.21. The molecular weight excluding hydrogens is 345 g/mol. The molecule has 0 fully saturated rings. The van der Waals surface area contributed by atoms with Gasteiger partial charge < -0.3 is 15.0 Å². The average molecular weight is 361 g/mol. The Labute approximate surface area is 148 Å². The van der Waals surface area contributed by atoms with Crippen LogP contribution in [-0.2, 0) is 9.53 Å². The average Bonchev–Trinajstić information content (AvgIpc) is 2.61. The summed E-state index contributed by atoms with van der Waals surface area (Å²) < 4.78 is 18.3. The Morgan fingerprint density at radius 3 is 2.54 bits per heavy atom. The minimum absolute atomic E-state index is 0.0421. The van der Waals surface area contributed by atoms with Gasteiger partial charge in [0, 0.05) is 20.2 Å². The molecular formula is C17H16FN3O5.